The maximum absolute atomic E-state index is 9.66. The standard InChI is InChI=1S/C2H2ClNO4/c3-1(5)2(6)4(7)8/h2,6H. The summed E-state index contributed by atoms with van der Waals surface area (Å²) in [5, 5.41) is 16.0. The summed E-state index contributed by atoms with van der Waals surface area (Å²) in [4.78, 5) is 17.9. The SMILES string of the molecule is O=C(Cl)C(O)[N+](=O)[O-]. The first kappa shape index (κ1) is 7.32. The molecule has 0 aromatic carbocycles. The molecule has 1 N–H and O–H groups in total. The molecule has 6 heteroatoms. The molecule has 0 aromatic heterocycles. The van der Waals surface area contributed by atoms with Crippen molar-refractivity contribution in [3.8, 4) is 0 Å². The molecule has 0 radical (unpaired) electrons. The number of halogens is 1. The molecule has 0 fully saturated rings. The molecule has 1 atom stereocenters. The summed E-state index contributed by atoms with van der Waals surface area (Å²) in [7, 11) is 0. The number of aliphatic hydroxyl groups excluding tert-OH is 1. The molecule has 0 saturated carbocycles. The first-order chi connectivity index (χ1) is 3.55. The van der Waals surface area contributed by atoms with Crippen LogP contribution >= 0.6 is 11.6 Å². The van der Waals surface area contributed by atoms with Crippen LogP contribution in [-0.2, 0) is 4.79 Å². The van der Waals surface area contributed by atoms with E-state index in [0.717, 1.165) is 0 Å². The van der Waals surface area contributed by atoms with Gasteiger partial charge < -0.3 is 5.11 Å². The van der Waals surface area contributed by atoms with Crippen molar-refractivity contribution in [2.45, 2.75) is 6.23 Å². The van der Waals surface area contributed by atoms with E-state index in [4.69, 9.17) is 5.11 Å². The summed E-state index contributed by atoms with van der Waals surface area (Å²) < 4.78 is 0. The molecular weight excluding hydrogens is 137 g/mol. The van der Waals surface area contributed by atoms with Crippen molar-refractivity contribution >= 4 is 16.8 Å². The lowest BCUT2D eigenvalue weighted by atomic mass is 10.7. The van der Waals surface area contributed by atoms with Crippen LogP contribution in [-0.4, -0.2) is 21.5 Å². The van der Waals surface area contributed by atoms with Gasteiger partial charge in [0.1, 0.15) is 0 Å². The smallest absolute Gasteiger partial charge is 0.326 e. The van der Waals surface area contributed by atoms with Crippen LogP contribution in [0.4, 0.5) is 0 Å². The summed E-state index contributed by atoms with van der Waals surface area (Å²) in [6, 6.07) is 0. The van der Waals surface area contributed by atoms with Gasteiger partial charge in [0, 0.05) is 0 Å². The molecule has 0 amide bonds. The molecule has 0 aliphatic carbocycles. The van der Waals surface area contributed by atoms with Crippen molar-refractivity contribution in [1.29, 1.82) is 0 Å². The molecule has 0 saturated heterocycles. The number of aliphatic hydroxyl groups is 1. The minimum absolute atomic E-state index is 1.19. The van der Waals surface area contributed by atoms with Crippen LogP contribution in [0.5, 0.6) is 0 Å². The lowest BCUT2D eigenvalue weighted by Crippen LogP contribution is -2.24. The Morgan fingerprint density at radius 3 is 2.25 bits per heavy atom. The third-order valence-corrected chi connectivity index (χ3v) is 0.598. The predicted molar refractivity (Wildman–Crippen MR) is 23.9 cm³/mol. The number of nitro groups is 1. The quantitative estimate of drug-likeness (QED) is 0.239. The van der Waals surface area contributed by atoms with Gasteiger partial charge in [0.05, 0.1) is 4.92 Å². The molecule has 0 rings (SSSR count). The highest BCUT2D eigenvalue weighted by molar-refractivity contribution is 6.64. The fraction of sp³-hybridized carbons (Fsp3) is 0.500. The van der Waals surface area contributed by atoms with Gasteiger partial charge in [-0.2, -0.15) is 0 Å². The Labute approximate surface area is 49.0 Å². The largest absolute Gasteiger partial charge is 0.387 e. The average molecular weight is 139 g/mol. The first-order valence-corrected chi connectivity index (χ1v) is 1.94. The van der Waals surface area contributed by atoms with Gasteiger partial charge in [-0.15, -0.1) is 0 Å². The number of hydrogen-bond acceptors (Lipinski definition) is 4. The predicted octanol–water partition coefficient (Wildman–Crippen LogP) is -0.653. The highest BCUT2D eigenvalue weighted by Gasteiger charge is 2.22. The van der Waals surface area contributed by atoms with Crippen LogP contribution in [0, 0.1) is 10.1 Å². The molecule has 0 spiro atoms. The molecule has 1 unspecified atom stereocenters. The second-order valence-electron chi connectivity index (χ2n) is 0.963. The van der Waals surface area contributed by atoms with E-state index in [9.17, 15) is 14.9 Å². The van der Waals surface area contributed by atoms with E-state index in [2.05, 4.69) is 11.6 Å². The number of nitrogens with zero attached hydrogens (tertiary/aromatic N) is 1. The molecule has 8 heavy (non-hydrogen) atoms. The van der Waals surface area contributed by atoms with Gasteiger partial charge >= 0.3 is 11.5 Å². The number of carbonyl (C=O) groups is 1. The maximum atomic E-state index is 9.66. The molecule has 5 nitrogen and oxygen atoms in total. The fourth-order valence-corrected chi connectivity index (χ4v) is 0.163. The zero-order valence-electron chi connectivity index (χ0n) is 3.57. The van der Waals surface area contributed by atoms with Gasteiger partial charge in [0.2, 0.25) is 0 Å². The monoisotopic (exact) mass is 139 g/mol. The Bertz CT molecular complexity index is 109. The van der Waals surface area contributed by atoms with E-state index in [1.807, 2.05) is 0 Å². The third-order valence-electron chi connectivity index (χ3n) is 0.403. The van der Waals surface area contributed by atoms with Gasteiger partial charge in [-0.05, 0) is 11.6 Å². The van der Waals surface area contributed by atoms with Crippen molar-refractivity contribution in [2.75, 3.05) is 0 Å². The zero-order valence-corrected chi connectivity index (χ0v) is 4.33. The Hall–Kier alpha value is -0.680. The van der Waals surface area contributed by atoms with E-state index in [-0.39, 0.29) is 0 Å². The summed E-state index contributed by atoms with van der Waals surface area (Å²) in [6.07, 6.45) is -2.28. The van der Waals surface area contributed by atoms with Gasteiger partial charge in [-0.25, -0.2) is 0 Å². The number of rotatable bonds is 2. The van der Waals surface area contributed by atoms with Crippen LogP contribution in [0.2, 0.25) is 0 Å². The lowest BCUT2D eigenvalue weighted by molar-refractivity contribution is -0.551. The highest BCUT2D eigenvalue weighted by atomic mass is 35.5. The third kappa shape index (κ3) is 1.85. The maximum Gasteiger partial charge on any atom is 0.387 e. The van der Waals surface area contributed by atoms with E-state index in [0.29, 0.717) is 0 Å². The normalized spacial score (nSPS) is 12.8. The zero-order chi connectivity index (χ0) is 6.73. The van der Waals surface area contributed by atoms with Gasteiger partial charge in [0.15, 0.2) is 0 Å². The van der Waals surface area contributed by atoms with Crippen LogP contribution in [0.3, 0.4) is 0 Å². The molecule has 0 aromatic rings. The summed E-state index contributed by atoms with van der Waals surface area (Å²) in [5.41, 5.74) is 0. The van der Waals surface area contributed by atoms with E-state index >= 15 is 0 Å². The van der Waals surface area contributed by atoms with E-state index in [1.165, 1.54) is 0 Å². The average Bonchev–Trinajstić information content (AvgIpc) is 1.64. The fourth-order valence-electron chi connectivity index (χ4n) is 0.0829. The van der Waals surface area contributed by atoms with Crippen molar-refractivity contribution in [3.63, 3.8) is 0 Å². The van der Waals surface area contributed by atoms with Crippen LogP contribution < -0.4 is 0 Å². The van der Waals surface area contributed by atoms with Crippen LogP contribution in [0.25, 0.3) is 0 Å². The van der Waals surface area contributed by atoms with E-state index < -0.39 is 16.4 Å². The lowest BCUT2D eigenvalue weighted by Gasteiger charge is -1.91. The van der Waals surface area contributed by atoms with Gasteiger partial charge in [-0.1, -0.05) is 0 Å². The Morgan fingerprint density at radius 1 is 1.88 bits per heavy atom. The van der Waals surface area contributed by atoms with Gasteiger partial charge in [0.25, 0.3) is 0 Å². The Kier molecular flexibility index (Phi) is 2.36. The topological polar surface area (TPSA) is 80.4 Å². The minimum atomic E-state index is -2.28. The number of carbonyl (C=O) groups excluding carboxylic acids is 1. The van der Waals surface area contributed by atoms with Crippen molar-refractivity contribution in [1.82, 2.24) is 0 Å². The minimum Gasteiger partial charge on any atom is -0.326 e. The van der Waals surface area contributed by atoms with Crippen molar-refractivity contribution in [3.05, 3.63) is 10.1 Å². The second-order valence-corrected chi connectivity index (χ2v) is 1.34. The summed E-state index contributed by atoms with van der Waals surface area (Å²) in [5.74, 6) is 0. The van der Waals surface area contributed by atoms with Crippen molar-refractivity contribution < 1.29 is 14.8 Å². The summed E-state index contributed by atoms with van der Waals surface area (Å²) in [6.45, 7) is 0. The van der Waals surface area contributed by atoms with Crippen LogP contribution in [0.1, 0.15) is 0 Å². The molecule has 0 aliphatic heterocycles. The Morgan fingerprint density at radius 2 is 2.25 bits per heavy atom. The molecular formula is C2H2ClNO4. The van der Waals surface area contributed by atoms with Crippen molar-refractivity contribution in [2.24, 2.45) is 0 Å². The molecule has 0 aliphatic rings. The van der Waals surface area contributed by atoms with E-state index in [1.54, 1.807) is 0 Å². The molecule has 46 valence electrons. The number of hydrogen-bond donors (Lipinski definition) is 1. The highest BCUT2D eigenvalue weighted by Crippen LogP contribution is 1.89. The molecule has 0 heterocycles. The second kappa shape index (κ2) is 2.58. The van der Waals surface area contributed by atoms with Gasteiger partial charge in [-0.3, -0.25) is 14.9 Å². The molecule has 0 bridgehead atoms. The first-order valence-electron chi connectivity index (χ1n) is 1.56. The van der Waals surface area contributed by atoms with Crippen LogP contribution in [0.15, 0.2) is 0 Å². The summed E-state index contributed by atoms with van der Waals surface area (Å²) >= 11 is 4.49. The Balaban J connectivity index is 3.83.